The van der Waals surface area contributed by atoms with Gasteiger partial charge in [0.1, 0.15) is 11.8 Å². The van der Waals surface area contributed by atoms with Gasteiger partial charge in [0.25, 0.3) is 0 Å². The summed E-state index contributed by atoms with van der Waals surface area (Å²) in [6.07, 6.45) is 0. The largest absolute Gasteiger partial charge is 0.479 e. The average Bonchev–Trinajstić information content (AvgIpc) is 2.15. The van der Waals surface area contributed by atoms with Crippen LogP contribution in [0.25, 0.3) is 0 Å². The first kappa shape index (κ1) is 8.41. The fourth-order valence-electron chi connectivity index (χ4n) is 0.833. The van der Waals surface area contributed by atoms with E-state index in [9.17, 15) is 0 Å². The van der Waals surface area contributed by atoms with E-state index in [0.717, 1.165) is 11.4 Å². The molecule has 0 radical (unpaired) electrons. The summed E-state index contributed by atoms with van der Waals surface area (Å²) >= 11 is 0. The van der Waals surface area contributed by atoms with E-state index in [1.54, 1.807) is 0 Å². The van der Waals surface area contributed by atoms with Gasteiger partial charge in [-0.05, 0) is 24.3 Å². The highest BCUT2D eigenvalue weighted by molar-refractivity contribution is 5.45. The van der Waals surface area contributed by atoms with Gasteiger partial charge in [0.15, 0.2) is 6.61 Å². The molecule has 1 aromatic carbocycles. The second-order valence-electron chi connectivity index (χ2n) is 2.22. The molecule has 1 rings (SSSR count). The molecule has 1 aromatic rings. The summed E-state index contributed by atoms with van der Waals surface area (Å²) < 4.78 is 5.07. The van der Waals surface area contributed by atoms with E-state index in [4.69, 9.17) is 10.00 Å². The number of rotatable bonds is 3. The first-order chi connectivity index (χ1) is 5.86. The number of nitrogens with zero attached hydrogens (tertiary/aromatic N) is 1. The zero-order chi connectivity index (χ0) is 8.81. The summed E-state index contributed by atoms with van der Waals surface area (Å²) in [4.78, 5) is 0. The minimum atomic E-state index is 0.0961. The van der Waals surface area contributed by atoms with Crippen molar-refractivity contribution in [2.24, 2.45) is 0 Å². The van der Waals surface area contributed by atoms with Crippen LogP contribution in [0.4, 0.5) is 5.69 Å². The summed E-state index contributed by atoms with van der Waals surface area (Å²) in [6, 6.07) is 9.34. The maximum atomic E-state index is 8.24. The third kappa shape index (κ3) is 2.17. The zero-order valence-corrected chi connectivity index (χ0v) is 6.87. The number of anilines is 1. The van der Waals surface area contributed by atoms with Crippen LogP contribution < -0.4 is 10.1 Å². The smallest absolute Gasteiger partial charge is 0.174 e. The van der Waals surface area contributed by atoms with Crippen LogP contribution in [0.5, 0.6) is 5.75 Å². The van der Waals surface area contributed by atoms with Gasteiger partial charge in [-0.15, -0.1) is 0 Å². The Hall–Kier alpha value is -1.69. The number of nitrogens with one attached hydrogen (secondary N) is 1. The summed E-state index contributed by atoms with van der Waals surface area (Å²) in [5.74, 6) is 0.718. The van der Waals surface area contributed by atoms with E-state index in [1.165, 1.54) is 0 Å². The fraction of sp³-hybridized carbons (Fsp3) is 0.222. The van der Waals surface area contributed by atoms with Gasteiger partial charge in [-0.2, -0.15) is 5.26 Å². The molecule has 0 spiro atoms. The quantitative estimate of drug-likeness (QED) is 0.734. The predicted octanol–water partition coefficient (Wildman–Crippen LogP) is 1.63. The van der Waals surface area contributed by atoms with Gasteiger partial charge >= 0.3 is 0 Å². The van der Waals surface area contributed by atoms with E-state index < -0.39 is 0 Å². The minimum absolute atomic E-state index is 0.0961. The Kier molecular flexibility index (Phi) is 2.97. The van der Waals surface area contributed by atoms with Gasteiger partial charge in [0.05, 0.1) is 0 Å². The molecule has 0 saturated carbocycles. The van der Waals surface area contributed by atoms with Crippen LogP contribution in [-0.2, 0) is 0 Å². The van der Waals surface area contributed by atoms with Crippen molar-refractivity contribution in [1.29, 1.82) is 5.26 Å². The molecule has 0 amide bonds. The standard InChI is InChI=1S/C9H10N2O/c1-11-8-2-4-9(5-3-8)12-7-6-10/h2-5,11H,7H2,1H3. The van der Waals surface area contributed by atoms with Gasteiger partial charge in [0, 0.05) is 12.7 Å². The molecular weight excluding hydrogens is 152 g/mol. The fourth-order valence-corrected chi connectivity index (χ4v) is 0.833. The van der Waals surface area contributed by atoms with Gasteiger partial charge in [-0.3, -0.25) is 0 Å². The van der Waals surface area contributed by atoms with E-state index in [-0.39, 0.29) is 6.61 Å². The molecule has 0 aromatic heterocycles. The Morgan fingerprint density at radius 3 is 2.58 bits per heavy atom. The van der Waals surface area contributed by atoms with Crippen LogP contribution in [0.1, 0.15) is 0 Å². The summed E-state index contributed by atoms with van der Waals surface area (Å²) in [5.41, 5.74) is 1.03. The summed E-state index contributed by atoms with van der Waals surface area (Å²) in [6.45, 7) is 0.0961. The van der Waals surface area contributed by atoms with E-state index in [2.05, 4.69) is 5.32 Å². The molecule has 62 valence electrons. The lowest BCUT2D eigenvalue weighted by Gasteiger charge is -2.02. The Labute approximate surface area is 71.6 Å². The van der Waals surface area contributed by atoms with Crippen molar-refractivity contribution in [2.75, 3.05) is 19.0 Å². The van der Waals surface area contributed by atoms with Crippen LogP contribution in [0.2, 0.25) is 0 Å². The summed E-state index contributed by atoms with van der Waals surface area (Å²) in [7, 11) is 1.85. The molecule has 0 aliphatic heterocycles. The molecule has 0 aliphatic rings. The van der Waals surface area contributed by atoms with Crippen LogP contribution >= 0.6 is 0 Å². The van der Waals surface area contributed by atoms with Crippen molar-refractivity contribution < 1.29 is 4.74 Å². The monoisotopic (exact) mass is 162 g/mol. The third-order valence-corrected chi connectivity index (χ3v) is 1.45. The highest BCUT2D eigenvalue weighted by Crippen LogP contribution is 2.14. The van der Waals surface area contributed by atoms with E-state index in [1.807, 2.05) is 37.4 Å². The molecule has 0 saturated heterocycles. The van der Waals surface area contributed by atoms with E-state index >= 15 is 0 Å². The molecule has 0 unspecified atom stereocenters. The van der Waals surface area contributed by atoms with Crippen molar-refractivity contribution in [3.63, 3.8) is 0 Å². The zero-order valence-electron chi connectivity index (χ0n) is 6.87. The van der Waals surface area contributed by atoms with Crippen molar-refractivity contribution in [3.05, 3.63) is 24.3 Å². The Bertz CT molecular complexity index is 274. The normalized spacial score (nSPS) is 8.67. The van der Waals surface area contributed by atoms with Crippen LogP contribution in [-0.4, -0.2) is 13.7 Å². The van der Waals surface area contributed by atoms with Crippen molar-refractivity contribution >= 4 is 5.69 Å². The van der Waals surface area contributed by atoms with Gasteiger partial charge in [-0.25, -0.2) is 0 Å². The Balaban J connectivity index is 2.60. The SMILES string of the molecule is CNc1ccc(OCC#N)cc1. The lowest BCUT2D eigenvalue weighted by Crippen LogP contribution is -1.93. The third-order valence-electron chi connectivity index (χ3n) is 1.45. The van der Waals surface area contributed by atoms with Gasteiger partial charge in [0.2, 0.25) is 0 Å². The molecule has 0 fully saturated rings. The predicted molar refractivity (Wildman–Crippen MR) is 47.1 cm³/mol. The number of hydrogen-bond acceptors (Lipinski definition) is 3. The second kappa shape index (κ2) is 4.24. The van der Waals surface area contributed by atoms with Crippen molar-refractivity contribution in [3.8, 4) is 11.8 Å². The summed E-state index contributed by atoms with van der Waals surface area (Å²) in [5, 5.41) is 11.2. The Morgan fingerprint density at radius 2 is 2.08 bits per heavy atom. The molecule has 12 heavy (non-hydrogen) atoms. The number of hydrogen-bond donors (Lipinski definition) is 1. The van der Waals surface area contributed by atoms with E-state index in [0.29, 0.717) is 0 Å². The molecule has 0 aliphatic carbocycles. The first-order valence-corrected chi connectivity index (χ1v) is 3.64. The van der Waals surface area contributed by atoms with Gasteiger partial charge in [-0.1, -0.05) is 0 Å². The molecule has 0 heterocycles. The van der Waals surface area contributed by atoms with Crippen molar-refractivity contribution in [2.45, 2.75) is 0 Å². The highest BCUT2D eigenvalue weighted by atomic mass is 16.5. The maximum Gasteiger partial charge on any atom is 0.174 e. The molecule has 1 N–H and O–H groups in total. The molecule has 0 bridgehead atoms. The minimum Gasteiger partial charge on any atom is -0.479 e. The van der Waals surface area contributed by atoms with Crippen LogP contribution in [0.3, 0.4) is 0 Å². The molecule has 3 heteroatoms. The first-order valence-electron chi connectivity index (χ1n) is 3.64. The average molecular weight is 162 g/mol. The van der Waals surface area contributed by atoms with Gasteiger partial charge < -0.3 is 10.1 Å². The number of ether oxygens (including phenoxy) is 1. The lowest BCUT2D eigenvalue weighted by atomic mass is 10.3. The molecule has 3 nitrogen and oxygen atoms in total. The maximum absolute atomic E-state index is 8.24. The molecule has 0 atom stereocenters. The molecular formula is C9H10N2O. The Morgan fingerprint density at radius 1 is 1.42 bits per heavy atom. The highest BCUT2D eigenvalue weighted by Gasteiger charge is 1.91. The number of nitriles is 1. The van der Waals surface area contributed by atoms with Crippen LogP contribution in [0.15, 0.2) is 24.3 Å². The topological polar surface area (TPSA) is 45.0 Å². The van der Waals surface area contributed by atoms with Crippen LogP contribution in [0, 0.1) is 11.3 Å². The number of benzene rings is 1. The lowest BCUT2D eigenvalue weighted by molar-refractivity contribution is 0.368. The van der Waals surface area contributed by atoms with Crippen molar-refractivity contribution in [1.82, 2.24) is 0 Å². The second-order valence-corrected chi connectivity index (χ2v) is 2.22.